The molecule has 3 saturated carbocycles. The molecule has 3 fully saturated rings. The minimum atomic E-state index is 0.0424. The zero-order valence-electron chi connectivity index (χ0n) is 22.5. The van der Waals surface area contributed by atoms with Crippen molar-refractivity contribution < 1.29 is 14.3 Å². The molecule has 4 rings (SSSR count). The van der Waals surface area contributed by atoms with E-state index in [1.807, 2.05) is 6.08 Å². The molecule has 0 N–H and O–H groups in total. The molecule has 192 valence electrons. The summed E-state index contributed by atoms with van der Waals surface area (Å²) in [6.07, 6.45) is 20.4. The molecule has 0 aromatic rings. The summed E-state index contributed by atoms with van der Waals surface area (Å²) in [7, 11) is 0. The Balaban J connectivity index is 1.29. The maximum atomic E-state index is 12.7. The van der Waals surface area contributed by atoms with E-state index in [4.69, 9.17) is 4.74 Å². The van der Waals surface area contributed by atoms with Crippen LogP contribution in [-0.2, 0) is 14.3 Å². The predicted molar refractivity (Wildman–Crippen MR) is 138 cm³/mol. The molecule has 0 radical (unpaired) electrons. The molecule has 0 aromatic carbocycles. The predicted octanol–water partition coefficient (Wildman–Crippen LogP) is 8.21. The van der Waals surface area contributed by atoms with Gasteiger partial charge in [0.25, 0.3) is 0 Å². The Hall–Kier alpha value is -1.12. The van der Waals surface area contributed by atoms with Gasteiger partial charge in [-0.15, -0.1) is 0 Å². The van der Waals surface area contributed by atoms with Crippen LogP contribution in [0.5, 0.6) is 0 Å². The van der Waals surface area contributed by atoms with E-state index in [1.54, 1.807) is 0 Å². The van der Waals surface area contributed by atoms with Crippen molar-refractivity contribution in [3.8, 4) is 0 Å². The number of hydrogen-bond acceptors (Lipinski definition) is 3. The summed E-state index contributed by atoms with van der Waals surface area (Å²) in [4.78, 5) is 25.0. The van der Waals surface area contributed by atoms with Crippen LogP contribution in [0.4, 0.5) is 0 Å². The smallest absolute Gasteiger partial charge is 0.306 e. The number of ether oxygens (including phenoxy) is 1. The molecule has 4 aliphatic rings. The van der Waals surface area contributed by atoms with Gasteiger partial charge in [-0.2, -0.15) is 0 Å². The van der Waals surface area contributed by atoms with E-state index in [0.717, 1.165) is 31.6 Å². The summed E-state index contributed by atoms with van der Waals surface area (Å²) in [5.74, 6) is 3.04. The third kappa shape index (κ3) is 5.34. The molecule has 4 aliphatic carbocycles. The minimum Gasteiger partial charge on any atom is -0.462 e. The minimum absolute atomic E-state index is 0.0424. The second kappa shape index (κ2) is 10.9. The fourth-order valence-corrected chi connectivity index (χ4v) is 8.74. The van der Waals surface area contributed by atoms with E-state index in [-0.39, 0.29) is 22.9 Å². The molecule has 0 amide bonds. The normalized spacial score (nSPS) is 36.3. The first-order valence-corrected chi connectivity index (χ1v) is 14.7. The highest BCUT2D eigenvalue weighted by Crippen LogP contribution is 2.64. The molecule has 6 atom stereocenters. The van der Waals surface area contributed by atoms with Gasteiger partial charge in [0.1, 0.15) is 6.10 Å². The van der Waals surface area contributed by atoms with Crippen molar-refractivity contribution in [2.75, 3.05) is 0 Å². The first kappa shape index (κ1) is 26.0. The van der Waals surface area contributed by atoms with E-state index >= 15 is 0 Å². The summed E-state index contributed by atoms with van der Waals surface area (Å²) >= 11 is 0. The van der Waals surface area contributed by atoms with Crippen molar-refractivity contribution >= 4 is 11.8 Å². The van der Waals surface area contributed by atoms with E-state index in [2.05, 4.69) is 27.7 Å². The van der Waals surface area contributed by atoms with Crippen LogP contribution < -0.4 is 0 Å². The number of carbonyl (C=O) groups excluding carboxylic acids is 2. The average Bonchev–Trinajstić information content (AvgIpc) is 3.10. The molecule has 0 saturated heterocycles. The molecule has 0 spiro atoms. The van der Waals surface area contributed by atoms with Gasteiger partial charge in [0.05, 0.1) is 0 Å². The summed E-state index contributed by atoms with van der Waals surface area (Å²) in [6.45, 7) is 9.33. The molecular formula is C31H50O3. The van der Waals surface area contributed by atoms with E-state index in [0.29, 0.717) is 36.4 Å². The standard InChI is InChI=1S/C31H50O3/c1-5-6-7-8-9-10-11-12-13-28(33)34-27-17-16-26-24-15-14-22-20-23(32)21-30(2,3)29(22)25(24)18-19-31(26,27)4/h20,24-27,29H,5-19,21H2,1-4H3/t24-,25+,26+,27+,29+,31+/m1/s1. The lowest BCUT2D eigenvalue weighted by Gasteiger charge is -2.56. The fourth-order valence-electron chi connectivity index (χ4n) is 8.74. The van der Waals surface area contributed by atoms with Gasteiger partial charge < -0.3 is 4.74 Å². The SMILES string of the molecule is CCCCCCCCCCC(=O)O[C@H]1CC[C@H]2[C@@H]3CCC4=CC(=O)CC(C)(C)[C@@H]4[C@H]3CC[C@]12C. The van der Waals surface area contributed by atoms with Crippen molar-refractivity contribution in [3.05, 3.63) is 11.6 Å². The Morgan fingerprint density at radius 3 is 2.38 bits per heavy atom. The summed E-state index contributed by atoms with van der Waals surface area (Å²) in [5, 5.41) is 0. The molecule has 0 aliphatic heterocycles. The fraction of sp³-hybridized carbons (Fsp3) is 0.871. The average molecular weight is 471 g/mol. The zero-order chi connectivity index (χ0) is 24.3. The van der Waals surface area contributed by atoms with Crippen LogP contribution in [0.15, 0.2) is 11.6 Å². The van der Waals surface area contributed by atoms with Gasteiger partial charge in [0.2, 0.25) is 0 Å². The quantitative estimate of drug-likeness (QED) is 0.239. The Morgan fingerprint density at radius 1 is 0.941 bits per heavy atom. The molecule has 0 unspecified atom stereocenters. The van der Waals surface area contributed by atoms with Gasteiger partial charge in [-0.3, -0.25) is 9.59 Å². The Kier molecular flexibility index (Phi) is 8.30. The molecule has 0 aromatic heterocycles. The zero-order valence-corrected chi connectivity index (χ0v) is 22.5. The van der Waals surface area contributed by atoms with Gasteiger partial charge in [-0.25, -0.2) is 0 Å². The highest BCUT2D eigenvalue weighted by molar-refractivity contribution is 5.92. The van der Waals surface area contributed by atoms with Crippen LogP contribution in [0.25, 0.3) is 0 Å². The number of esters is 1. The lowest BCUT2D eigenvalue weighted by Crippen LogP contribution is -2.51. The molecule has 0 bridgehead atoms. The molecule has 34 heavy (non-hydrogen) atoms. The number of rotatable bonds is 10. The van der Waals surface area contributed by atoms with E-state index in [9.17, 15) is 9.59 Å². The number of unbranched alkanes of at least 4 members (excludes halogenated alkanes) is 7. The number of fused-ring (bicyclic) bond motifs is 5. The van der Waals surface area contributed by atoms with Gasteiger partial charge >= 0.3 is 5.97 Å². The van der Waals surface area contributed by atoms with Crippen LogP contribution >= 0.6 is 0 Å². The van der Waals surface area contributed by atoms with Gasteiger partial charge in [-0.05, 0) is 80.1 Å². The van der Waals surface area contributed by atoms with Gasteiger partial charge in [0, 0.05) is 18.3 Å². The summed E-state index contributed by atoms with van der Waals surface area (Å²) < 4.78 is 6.19. The Morgan fingerprint density at radius 2 is 1.65 bits per heavy atom. The number of hydrogen-bond donors (Lipinski definition) is 0. The van der Waals surface area contributed by atoms with Crippen LogP contribution in [0.1, 0.15) is 130 Å². The lowest BCUT2D eigenvalue weighted by atomic mass is 9.48. The van der Waals surface area contributed by atoms with Crippen molar-refractivity contribution in [2.45, 2.75) is 137 Å². The lowest BCUT2D eigenvalue weighted by molar-refractivity contribution is -0.159. The third-order valence-electron chi connectivity index (χ3n) is 10.3. The second-order valence-electron chi connectivity index (χ2n) is 13.1. The molecule has 3 heteroatoms. The first-order chi connectivity index (χ1) is 16.3. The number of allylic oxidation sites excluding steroid dienone is 1. The highest BCUT2D eigenvalue weighted by Gasteiger charge is 2.59. The van der Waals surface area contributed by atoms with Crippen LogP contribution in [-0.4, -0.2) is 17.9 Å². The van der Waals surface area contributed by atoms with Crippen molar-refractivity contribution in [1.29, 1.82) is 0 Å². The number of carbonyl (C=O) groups is 2. The Labute approximate surface area is 208 Å². The third-order valence-corrected chi connectivity index (χ3v) is 10.3. The maximum Gasteiger partial charge on any atom is 0.306 e. The summed E-state index contributed by atoms with van der Waals surface area (Å²) in [5.41, 5.74) is 1.67. The van der Waals surface area contributed by atoms with Crippen LogP contribution in [0, 0.1) is 34.5 Å². The van der Waals surface area contributed by atoms with Crippen molar-refractivity contribution in [3.63, 3.8) is 0 Å². The van der Waals surface area contributed by atoms with Crippen molar-refractivity contribution in [2.24, 2.45) is 34.5 Å². The first-order valence-electron chi connectivity index (χ1n) is 14.7. The molecule has 3 nitrogen and oxygen atoms in total. The maximum absolute atomic E-state index is 12.7. The van der Waals surface area contributed by atoms with Crippen LogP contribution in [0.2, 0.25) is 0 Å². The number of ketones is 1. The van der Waals surface area contributed by atoms with Crippen LogP contribution in [0.3, 0.4) is 0 Å². The second-order valence-corrected chi connectivity index (χ2v) is 13.1. The van der Waals surface area contributed by atoms with Gasteiger partial charge in [0.15, 0.2) is 5.78 Å². The molecular weight excluding hydrogens is 420 g/mol. The van der Waals surface area contributed by atoms with E-state index in [1.165, 1.54) is 69.8 Å². The van der Waals surface area contributed by atoms with Gasteiger partial charge in [-0.1, -0.05) is 78.2 Å². The van der Waals surface area contributed by atoms with E-state index < -0.39 is 0 Å². The topological polar surface area (TPSA) is 43.4 Å². The Bertz CT molecular complexity index is 765. The monoisotopic (exact) mass is 470 g/mol. The highest BCUT2D eigenvalue weighted by atomic mass is 16.5. The summed E-state index contributed by atoms with van der Waals surface area (Å²) in [6, 6.07) is 0. The van der Waals surface area contributed by atoms with Crippen molar-refractivity contribution in [1.82, 2.24) is 0 Å². The largest absolute Gasteiger partial charge is 0.462 e. The molecule has 0 heterocycles.